The van der Waals surface area contributed by atoms with E-state index in [0.717, 1.165) is 42.5 Å². The van der Waals surface area contributed by atoms with Crippen molar-refractivity contribution in [2.45, 2.75) is 32.6 Å². The standard InChI is InChI=1S/C14H26N6/c1-3-4-12-13(17-10-18-14(12)19-15)16-9-11-5-7-20(2)8-6-11/h10-11H,3-9,15H2,1-2H3,(H2,16,17,18,19). The van der Waals surface area contributed by atoms with Crippen molar-refractivity contribution in [3.05, 3.63) is 11.9 Å². The Morgan fingerprint density at radius 3 is 2.65 bits per heavy atom. The van der Waals surface area contributed by atoms with Crippen molar-refractivity contribution in [3.8, 4) is 0 Å². The van der Waals surface area contributed by atoms with Gasteiger partial charge in [0.2, 0.25) is 0 Å². The predicted octanol–water partition coefficient (Wildman–Crippen LogP) is 1.47. The van der Waals surface area contributed by atoms with Gasteiger partial charge in [-0.05, 0) is 45.3 Å². The second kappa shape index (κ2) is 7.40. The summed E-state index contributed by atoms with van der Waals surface area (Å²) in [5.74, 6) is 7.91. The Bertz CT molecular complexity index is 414. The maximum atomic E-state index is 5.53. The van der Waals surface area contributed by atoms with E-state index in [2.05, 4.69) is 39.6 Å². The van der Waals surface area contributed by atoms with Crippen LogP contribution in [0.2, 0.25) is 0 Å². The molecule has 6 heteroatoms. The van der Waals surface area contributed by atoms with Gasteiger partial charge in [-0.15, -0.1) is 0 Å². The van der Waals surface area contributed by atoms with E-state index in [-0.39, 0.29) is 0 Å². The quantitative estimate of drug-likeness (QED) is 0.540. The first-order chi connectivity index (χ1) is 9.74. The molecule has 1 fully saturated rings. The van der Waals surface area contributed by atoms with Crippen LogP contribution in [-0.4, -0.2) is 41.5 Å². The Hall–Kier alpha value is -1.40. The molecular formula is C14H26N6. The Morgan fingerprint density at radius 2 is 2.00 bits per heavy atom. The topological polar surface area (TPSA) is 79.1 Å². The van der Waals surface area contributed by atoms with E-state index < -0.39 is 0 Å². The number of piperidine rings is 1. The van der Waals surface area contributed by atoms with Crippen LogP contribution in [0.15, 0.2) is 6.33 Å². The lowest BCUT2D eigenvalue weighted by Gasteiger charge is -2.29. The normalized spacial score (nSPS) is 17.1. The summed E-state index contributed by atoms with van der Waals surface area (Å²) in [6.07, 6.45) is 6.03. The summed E-state index contributed by atoms with van der Waals surface area (Å²) in [6, 6.07) is 0. The van der Waals surface area contributed by atoms with E-state index in [4.69, 9.17) is 5.84 Å². The van der Waals surface area contributed by atoms with E-state index in [1.165, 1.54) is 25.9 Å². The Kier molecular flexibility index (Phi) is 5.55. The number of rotatable bonds is 6. The molecule has 0 aliphatic carbocycles. The van der Waals surface area contributed by atoms with Crippen molar-refractivity contribution in [1.82, 2.24) is 14.9 Å². The summed E-state index contributed by atoms with van der Waals surface area (Å²) < 4.78 is 0. The predicted molar refractivity (Wildman–Crippen MR) is 82.5 cm³/mol. The van der Waals surface area contributed by atoms with Gasteiger partial charge in [0.25, 0.3) is 0 Å². The minimum atomic E-state index is 0.727. The van der Waals surface area contributed by atoms with Crippen LogP contribution in [0.3, 0.4) is 0 Å². The van der Waals surface area contributed by atoms with Gasteiger partial charge < -0.3 is 15.6 Å². The molecule has 0 spiro atoms. The highest BCUT2D eigenvalue weighted by Gasteiger charge is 2.17. The lowest BCUT2D eigenvalue weighted by atomic mass is 9.97. The molecule has 0 aromatic carbocycles. The summed E-state index contributed by atoms with van der Waals surface area (Å²) in [4.78, 5) is 11.0. The lowest BCUT2D eigenvalue weighted by Crippen LogP contribution is -2.33. The molecular weight excluding hydrogens is 252 g/mol. The minimum Gasteiger partial charge on any atom is -0.369 e. The molecule has 2 rings (SSSR count). The molecule has 6 nitrogen and oxygen atoms in total. The summed E-state index contributed by atoms with van der Waals surface area (Å²) >= 11 is 0. The highest BCUT2D eigenvalue weighted by atomic mass is 15.3. The van der Waals surface area contributed by atoms with Crippen LogP contribution in [0.4, 0.5) is 11.6 Å². The van der Waals surface area contributed by atoms with Gasteiger partial charge in [-0.1, -0.05) is 13.3 Å². The fourth-order valence-electron chi connectivity index (χ4n) is 2.68. The molecule has 0 radical (unpaired) electrons. The molecule has 1 aromatic heterocycles. The first kappa shape index (κ1) is 15.0. The summed E-state index contributed by atoms with van der Waals surface area (Å²) in [6.45, 7) is 5.50. The number of nitrogens with one attached hydrogen (secondary N) is 2. The highest BCUT2D eigenvalue weighted by Crippen LogP contribution is 2.22. The van der Waals surface area contributed by atoms with Gasteiger partial charge in [-0.2, -0.15) is 0 Å². The van der Waals surface area contributed by atoms with Gasteiger partial charge in [0.05, 0.1) is 0 Å². The second-order valence-electron chi connectivity index (χ2n) is 5.57. The summed E-state index contributed by atoms with van der Waals surface area (Å²) in [5.41, 5.74) is 3.76. The third kappa shape index (κ3) is 3.80. The number of nitrogen functional groups attached to an aromatic ring is 1. The third-order valence-corrected chi connectivity index (χ3v) is 3.98. The van der Waals surface area contributed by atoms with Gasteiger partial charge in [0.1, 0.15) is 18.0 Å². The van der Waals surface area contributed by atoms with E-state index in [0.29, 0.717) is 0 Å². The van der Waals surface area contributed by atoms with Crippen molar-refractivity contribution in [2.75, 3.05) is 37.4 Å². The number of aromatic nitrogens is 2. The molecule has 20 heavy (non-hydrogen) atoms. The molecule has 2 heterocycles. The minimum absolute atomic E-state index is 0.727. The summed E-state index contributed by atoms with van der Waals surface area (Å²) in [5, 5.41) is 3.49. The zero-order chi connectivity index (χ0) is 14.4. The zero-order valence-corrected chi connectivity index (χ0v) is 12.5. The van der Waals surface area contributed by atoms with Crippen LogP contribution in [0.1, 0.15) is 31.7 Å². The lowest BCUT2D eigenvalue weighted by molar-refractivity contribution is 0.226. The first-order valence-corrected chi connectivity index (χ1v) is 7.47. The van der Waals surface area contributed by atoms with Crippen molar-refractivity contribution in [3.63, 3.8) is 0 Å². The molecule has 4 N–H and O–H groups in total. The molecule has 1 aliphatic rings. The van der Waals surface area contributed by atoms with E-state index >= 15 is 0 Å². The van der Waals surface area contributed by atoms with Gasteiger partial charge in [0, 0.05) is 12.1 Å². The molecule has 0 unspecified atom stereocenters. The number of hydrazine groups is 1. The maximum absolute atomic E-state index is 5.53. The molecule has 1 aliphatic heterocycles. The van der Waals surface area contributed by atoms with Crippen LogP contribution in [-0.2, 0) is 6.42 Å². The number of anilines is 2. The van der Waals surface area contributed by atoms with Gasteiger partial charge in [-0.25, -0.2) is 15.8 Å². The van der Waals surface area contributed by atoms with E-state index in [1.807, 2.05) is 0 Å². The van der Waals surface area contributed by atoms with Crippen LogP contribution >= 0.6 is 0 Å². The van der Waals surface area contributed by atoms with E-state index in [9.17, 15) is 0 Å². The first-order valence-electron chi connectivity index (χ1n) is 7.47. The van der Waals surface area contributed by atoms with Crippen LogP contribution < -0.4 is 16.6 Å². The Labute approximate surface area is 121 Å². The molecule has 0 atom stereocenters. The number of nitrogens with zero attached hydrogens (tertiary/aromatic N) is 3. The molecule has 1 aromatic rings. The number of likely N-dealkylation sites (tertiary alicyclic amines) is 1. The smallest absolute Gasteiger partial charge is 0.148 e. The molecule has 1 saturated heterocycles. The largest absolute Gasteiger partial charge is 0.369 e. The number of nitrogens with two attached hydrogens (primary N) is 1. The van der Waals surface area contributed by atoms with E-state index in [1.54, 1.807) is 6.33 Å². The van der Waals surface area contributed by atoms with Crippen molar-refractivity contribution in [2.24, 2.45) is 11.8 Å². The van der Waals surface area contributed by atoms with Gasteiger partial charge in [0.15, 0.2) is 0 Å². The van der Waals surface area contributed by atoms with Crippen LogP contribution in [0.5, 0.6) is 0 Å². The van der Waals surface area contributed by atoms with Crippen molar-refractivity contribution >= 4 is 11.6 Å². The van der Waals surface area contributed by atoms with Gasteiger partial charge >= 0.3 is 0 Å². The van der Waals surface area contributed by atoms with Crippen LogP contribution in [0, 0.1) is 5.92 Å². The third-order valence-electron chi connectivity index (χ3n) is 3.98. The molecule has 0 bridgehead atoms. The Balaban J connectivity index is 1.98. The van der Waals surface area contributed by atoms with Crippen LogP contribution in [0.25, 0.3) is 0 Å². The fraction of sp³-hybridized carbons (Fsp3) is 0.714. The fourth-order valence-corrected chi connectivity index (χ4v) is 2.68. The number of hydrogen-bond acceptors (Lipinski definition) is 6. The summed E-state index contributed by atoms with van der Waals surface area (Å²) in [7, 11) is 2.19. The monoisotopic (exact) mass is 278 g/mol. The maximum Gasteiger partial charge on any atom is 0.148 e. The average molecular weight is 278 g/mol. The average Bonchev–Trinajstić information content (AvgIpc) is 2.48. The van der Waals surface area contributed by atoms with Crippen molar-refractivity contribution < 1.29 is 0 Å². The van der Waals surface area contributed by atoms with Crippen molar-refractivity contribution in [1.29, 1.82) is 0 Å². The number of hydrogen-bond donors (Lipinski definition) is 3. The SMILES string of the molecule is CCCc1c(NN)ncnc1NCC1CCN(C)CC1. The molecule has 112 valence electrons. The highest BCUT2D eigenvalue weighted by molar-refractivity contribution is 5.56. The molecule has 0 amide bonds. The second-order valence-corrected chi connectivity index (χ2v) is 5.57. The Morgan fingerprint density at radius 1 is 1.30 bits per heavy atom. The molecule has 0 saturated carbocycles. The zero-order valence-electron chi connectivity index (χ0n) is 12.5. The van der Waals surface area contributed by atoms with Gasteiger partial charge in [-0.3, -0.25) is 0 Å².